The maximum atomic E-state index is 15.8. The highest BCUT2D eigenvalue weighted by atomic mass is 32.2. The number of benzene rings is 2. The van der Waals surface area contributed by atoms with E-state index in [4.69, 9.17) is 0 Å². The standard InChI is InChI=1S/C26H32FN3O4S/c1-29(2)35(33,34)28-23-21(30(17-25(23)14-15-25)24(31)26(32)12-7-13-26)16-19-10-6-11-20(22(19)27)18-8-4-3-5-9-18/h3-6,8-11,21,23,28,32H,7,12-17H2,1-2H3/t21-,23+/m0/s1. The predicted molar refractivity (Wildman–Crippen MR) is 131 cm³/mol. The van der Waals surface area contributed by atoms with Crippen LogP contribution in [0.2, 0.25) is 0 Å². The highest BCUT2D eigenvalue weighted by Gasteiger charge is 2.63. The van der Waals surface area contributed by atoms with E-state index in [0.29, 0.717) is 30.5 Å². The smallest absolute Gasteiger partial charge is 0.279 e. The molecule has 9 heteroatoms. The average Bonchev–Trinajstić information content (AvgIpc) is 3.54. The van der Waals surface area contributed by atoms with E-state index in [1.165, 1.54) is 14.1 Å². The first-order valence-corrected chi connectivity index (χ1v) is 13.6. The molecule has 1 saturated heterocycles. The molecule has 5 rings (SSSR count). The molecule has 2 aliphatic carbocycles. The Morgan fingerprint density at radius 3 is 2.37 bits per heavy atom. The van der Waals surface area contributed by atoms with E-state index in [2.05, 4.69) is 4.72 Å². The molecule has 0 unspecified atom stereocenters. The summed E-state index contributed by atoms with van der Waals surface area (Å²) in [5, 5.41) is 10.9. The SMILES string of the molecule is CN(C)S(=O)(=O)N[C@@H]1[C@H](Cc2cccc(-c3ccccc3)c2F)N(C(=O)C2(O)CCC2)CC12CC2. The van der Waals surface area contributed by atoms with Gasteiger partial charge in [-0.3, -0.25) is 4.79 Å². The van der Waals surface area contributed by atoms with Crippen LogP contribution < -0.4 is 4.72 Å². The van der Waals surface area contributed by atoms with Gasteiger partial charge in [0, 0.05) is 31.6 Å². The Labute approximate surface area is 206 Å². The van der Waals surface area contributed by atoms with E-state index in [9.17, 15) is 18.3 Å². The summed E-state index contributed by atoms with van der Waals surface area (Å²) >= 11 is 0. The lowest BCUT2D eigenvalue weighted by Gasteiger charge is -2.40. The molecule has 2 aromatic rings. The second-order valence-electron chi connectivity index (χ2n) is 10.5. The van der Waals surface area contributed by atoms with Crippen molar-refractivity contribution in [2.24, 2.45) is 5.41 Å². The zero-order valence-electron chi connectivity index (χ0n) is 20.1. The summed E-state index contributed by atoms with van der Waals surface area (Å²) in [5.74, 6) is -0.745. The summed E-state index contributed by atoms with van der Waals surface area (Å²) in [7, 11) is -0.880. The third kappa shape index (κ3) is 4.28. The summed E-state index contributed by atoms with van der Waals surface area (Å²) in [5.41, 5.74) is -0.173. The molecule has 1 heterocycles. The maximum absolute atomic E-state index is 15.8. The Hall–Kier alpha value is -2.33. The molecule has 0 aromatic heterocycles. The number of nitrogens with zero attached hydrogens (tertiary/aromatic N) is 2. The summed E-state index contributed by atoms with van der Waals surface area (Å²) < 4.78 is 45.3. The quantitative estimate of drug-likeness (QED) is 0.611. The molecule has 2 saturated carbocycles. The molecule has 1 aliphatic heterocycles. The Morgan fingerprint density at radius 2 is 1.80 bits per heavy atom. The summed E-state index contributed by atoms with van der Waals surface area (Å²) in [6.45, 7) is 0.361. The molecule has 1 amide bonds. The Morgan fingerprint density at radius 1 is 1.11 bits per heavy atom. The van der Waals surface area contributed by atoms with Gasteiger partial charge in [0.2, 0.25) is 0 Å². The van der Waals surface area contributed by atoms with E-state index in [-0.39, 0.29) is 18.1 Å². The summed E-state index contributed by atoms with van der Waals surface area (Å²) in [6.07, 6.45) is 3.27. The van der Waals surface area contributed by atoms with Crippen molar-refractivity contribution >= 4 is 16.1 Å². The molecule has 7 nitrogen and oxygen atoms in total. The largest absolute Gasteiger partial charge is 0.380 e. The van der Waals surface area contributed by atoms with Gasteiger partial charge in [-0.15, -0.1) is 0 Å². The van der Waals surface area contributed by atoms with Gasteiger partial charge in [0.1, 0.15) is 11.4 Å². The van der Waals surface area contributed by atoms with Crippen LogP contribution in [0.1, 0.15) is 37.7 Å². The highest BCUT2D eigenvalue weighted by molar-refractivity contribution is 7.87. The number of rotatable bonds is 7. The first-order chi connectivity index (χ1) is 16.6. The van der Waals surface area contributed by atoms with Crippen LogP contribution >= 0.6 is 0 Å². The van der Waals surface area contributed by atoms with E-state index in [1.54, 1.807) is 23.1 Å². The zero-order chi connectivity index (χ0) is 25.0. The van der Waals surface area contributed by atoms with Gasteiger partial charge in [-0.1, -0.05) is 48.5 Å². The van der Waals surface area contributed by atoms with Crippen LogP contribution in [0.15, 0.2) is 48.5 Å². The average molecular weight is 502 g/mol. The van der Waals surface area contributed by atoms with Crippen LogP contribution in [-0.4, -0.2) is 67.0 Å². The molecule has 2 aromatic carbocycles. The number of likely N-dealkylation sites (tertiary alicyclic amines) is 1. The van der Waals surface area contributed by atoms with E-state index in [0.717, 1.165) is 29.1 Å². The van der Waals surface area contributed by atoms with Crippen LogP contribution in [0.25, 0.3) is 11.1 Å². The van der Waals surface area contributed by atoms with Crippen molar-refractivity contribution in [1.29, 1.82) is 0 Å². The van der Waals surface area contributed by atoms with Crippen LogP contribution in [0.4, 0.5) is 4.39 Å². The van der Waals surface area contributed by atoms with Crippen molar-refractivity contribution in [3.8, 4) is 11.1 Å². The molecular formula is C26H32FN3O4S. The minimum atomic E-state index is -3.79. The Kier molecular flexibility index (Phi) is 6.03. The third-order valence-corrected chi connectivity index (χ3v) is 9.52. The maximum Gasteiger partial charge on any atom is 0.279 e. The van der Waals surface area contributed by atoms with Gasteiger partial charge >= 0.3 is 0 Å². The fourth-order valence-corrected chi connectivity index (χ4v) is 6.43. The molecule has 1 spiro atoms. The van der Waals surface area contributed by atoms with Gasteiger partial charge in [0.15, 0.2) is 0 Å². The topological polar surface area (TPSA) is 90.0 Å². The minimum absolute atomic E-state index is 0.149. The number of amides is 1. The Balaban J connectivity index is 1.53. The number of hydrogen-bond acceptors (Lipinski definition) is 4. The number of halogens is 1. The first-order valence-electron chi connectivity index (χ1n) is 12.1. The summed E-state index contributed by atoms with van der Waals surface area (Å²) in [6, 6.07) is 13.3. The van der Waals surface area contributed by atoms with E-state index >= 15 is 4.39 Å². The van der Waals surface area contributed by atoms with Crippen molar-refractivity contribution in [3.05, 3.63) is 59.9 Å². The van der Waals surface area contributed by atoms with Gasteiger partial charge in [-0.25, -0.2) is 4.39 Å². The molecule has 0 bridgehead atoms. The number of carbonyl (C=O) groups excluding carboxylic acids is 1. The number of nitrogens with one attached hydrogen (secondary N) is 1. The zero-order valence-corrected chi connectivity index (χ0v) is 20.9. The van der Waals surface area contributed by atoms with Crippen molar-refractivity contribution in [2.75, 3.05) is 20.6 Å². The summed E-state index contributed by atoms with van der Waals surface area (Å²) in [4.78, 5) is 15.1. The van der Waals surface area contributed by atoms with Gasteiger partial charge in [0.05, 0.1) is 12.1 Å². The number of aliphatic hydroxyl groups is 1. The fourth-order valence-electron chi connectivity index (χ4n) is 5.49. The lowest BCUT2D eigenvalue weighted by molar-refractivity contribution is -0.161. The second kappa shape index (κ2) is 8.65. The molecular weight excluding hydrogens is 469 g/mol. The van der Waals surface area contributed by atoms with Crippen LogP contribution in [0.3, 0.4) is 0 Å². The molecule has 35 heavy (non-hydrogen) atoms. The monoisotopic (exact) mass is 501 g/mol. The molecule has 2 N–H and O–H groups in total. The number of carbonyl (C=O) groups is 1. The highest BCUT2D eigenvalue weighted by Crippen LogP contribution is 2.56. The lowest BCUT2D eigenvalue weighted by atomic mass is 9.79. The lowest BCUT2D eigenvalue weighted by Crippen LogP contribution is -2.57. The second-order valence-corrected chi connectivity index (χ2v) is 12.4. The minimum Gasteiger partial charge on any atom is -0.380 e. The fraction of sp³-hybridized carbons (Fsp3) is 0.500. The molecule has 2 atom stereocenters. The van der Waals surface area contributed by atoms with Crippen molar-refractivity contribution in [3.63, 3.8) is 0 Å². The van der Waals surface area contributed by atoms with E-state index in [1.807, 2.05) is 30.3 Å². The van der Waals surface area contributed by atoms with Crippen LogP contribution in [-0.2, 0) is 21.4 Å². The first kappa shape index (κ1) is 24.4. The third-order valence-electron chi connectivity index (χ3n) is 8.01. The Bertz CT molecular complexity index is 1230. The van der Waals surface area contributed by atoms with Gasteiger partial charge < -0.3 is 10.0 Å². The molecule has 0 radical (unpaired) electrons. The van der Waals surface area contributed by atoms with Gasteiger partial charge in [-0.2, -0.15) is 17.4 Å². The van der Waals surface area contributed by atoms with E-state index < -0.39 is 33.3 Å². The van der Waals surface area contributed by atoms with Crippen LogP contribution in [0, 0.1) is 11.2 Å². The molecule has 188 valence electrons. The van der Waals surface area contributed by atoms with Crippen molar-refractivity contribution in [1.82, 2.24) is 13.9 Å². The van der Waals surface area contributed by atoms with Crippen LogP contribution in [0.5, 0.6) is 0 Å². The van der Waals surface area contributed by atoms with Crippen molar-refractivity contribution < 1.29 is 22.7 Å². The normalized spacial score (nSPS) is 24.5. The molecule has 3 aliphatic rings. The van der Waals surface area contributed by atoms with Gasteiger partial charge in [0.25, 0.3) is 16.1 Å². The number of hydrogen-bond donors (Lipinski definition) is 2. The predicted octanol–water partition coefficient (Wildman–Crippen LogP) is 2.71. The molecule has 3 fully saturated rings. The van der Waals surface area contributed by atoms with Gasteiger partial charge in [-0.05, 0) is 49.7 Å². The van der Waals surface area contributed by atoms with Crippen molar-refractivity contribution in [2.45, 2.75) is 56.2 Å².